The van der Waals surface area contributed by atoms with Gasteiger partial charge in [0.1, 0.15) is 0 Å². The Bertz CT molecular complexity index is 1120. The molecule has 0 aliphatic heterocycles. The van der Waals surface area contributed by atoms with Crippen LogP contribution >= 0.6 is 0 Å². The molecule has 0 aromatic heterocycles. The highest BCUT2D eigenvalue weighted by Crippen LogP contribution is 2.38. The molecule has 4 nitrogen and oxygen atoms in total. The van der Waals surface area contributed by atoms with Crippen molar-refractivity contribution in [3.8, 4) is 0 Å². The molecule has 0 heterocycles. The number of allylic oxidation sites excluding steroid dienone is 3. The summed E-state index contributed by atoms with van der Waals surface area (Å²) in [6, 6.07) is 12.9. The van der Waals surface area contributed by atoms with Crippen molar-refractivity contribution < 1.29 is 9.59 Å². The Hall–Kier alpha value is -3.14. The van der Waals surface area contributed by atoms with Crippen molar-refractivity contribution in [2.75, 3.05) is 10.6 Å². The largest absolute Gasteiger partial charge is 0.325 e. The fourth-order valence-corrected chi connectivity index (χ4v) is 4.81. The molecule has 1 saturated carbocycles. The molecule has 0 radical (unpaired) electrons. The first-order valence-electron chi connectivity index (χ1n) is 12.4. The molecule has 1 unspecified atom stereocenters. The van der Waals surface area contributed by atoms with Gasteiger partial charge < -0.3 is 10.6 Å². The molecule has 2 aliphatic carbocycles. The molecule has 2 aliphatic rings. The lowest BCUT2D eigenvalue weighted by molar-refractivity contribution is -0.122. The standard InChI is InChI=1S/C30H36N2O2/c1-20-5-8-23(9-6-20)24-15-17-30(4,18-16-24)29(34)32-26-13-10-25(11-14-26)28(33)31-27-12-7-21(2)22(3)19-27/h7,10-17,19-20,23H,5-6,8-9,18H2,1-4H3,(H,31,33)(H,32,34). The molecule has 0 spiro atoms. The summed E-state index contributed by atoms with van der Waals surface area (Å²) in [6.07, 6.45) is 12.3. The van der Waals surface area contributed by atoms with Crippen molar-refractivity contribution in [1.82, 2.24) is 0 Å². The summed E-state index contributed by atoms with van der Waals surface area (Å²) < 4.78 is 0. The first-order chi connectivity index (χ1) is 16.2. The fraction of sp³-hybridized carbons (Fsp3) is 0.400. The van der Waals surface area contributed by atoms with Crippen LogP contribution in [0.1, 0.15) is 67.4 Å². The maximum Gasteiger partial charge on any atom is 0.255 e. The Kier molecular flexibility index (Phi) is 7.06. The molecule has 2 N–H and O–H groups in total. The first kappa shape index (κ1) is 24.0. The average molecular weight is 457 g/mol. The van der Waals surface area contributed by atoms with Gasteiger partial charge in [0.05, 0.1) is 5.41 Å². The van der Waals surface area contributed by atoms with Crippen molar-refractivity contribution in [3.05, 3.63) is 83.0 Å². The molecule has 1 atom stereocenters. The van der Waals surface area contributed by atoms with Crippen LogP contribution in [0.15, 0.2) is 66.3 Å². The molecule has 178 valence electrons. The van der Waals surface area contributed by atoms with E-state index >= 15 is 0 Å². The van der Waals surface area contributed by atoms with Gasteiger partial charge in [-0.1, -0.05) is 44.1 Å². The van der Waals surface area contributed by atoms with Crippen LogP contribution in [0.2, 0.25) is 0 Å². The maximum absolute atomic E-state index is 13.1. The second-order valence-electron chi connectivity index (χ2n) is 10.4. The van der Waals surface area contributed by atoms with E-state index in [2.05, 4.69) is 35.8 Å². The Morgan fingerprint density at radius 2 is 1.56 bits per heavy atom. The number of rotatable bonds is 5. The normalized spacial score (nSPS) is 24.3. The van der Waals surface area contributed by atoms with E-state index in [9.17, 15) is 9.59 Å². The van der Waals surface area contributed by atoms with Crippen LogP contribution in [0, 0.1) is 31.1 Å². The number of hydrogen-bond acceptors (Lipinski definition) is 2. The predicted molar refractivity (Wildman–Crippen MR) is 140 cm³/mol. The van der Waals surface area contributed by atoms with Gasteiger partial charge in [-0.25, -0.2) is 0 Å². The van der Waals surface area contributed by atoms with E-state index in [1.54, 1.807) is 24.3 Å². The number of benzene rings is 2. The molecule has 4 heteroatoms. The second kappa shape index (κ2) is 10.0. The third kappa shape index (κ3) is 5.49. The van der Waals surface area contributed by atoms with Gasteiger partial charge in [0.2, 0.25) is 5.91 Å². The molecule has 2 aromatic rings. The summed E-state index contributed by atoms with van der Waals surface area (Å²) in [4.78, 5) is 25.7. The summed E-state index contributed by atoms with van der Waals surface area (Å²) in [6.45, 7) is 8.40. The summed E-state index contributed by atoms with van der Waals surface area (Å²) in [5.74, 6) is 1.29. The Morgan fingerprint density at radius 1 is 0.882 bits per heavy atom. The number of nitrogens with one attached hydrogen (secondary N) is 2. The van der Waals surface area contributed by atoms with Crippen LogP contribution in [-0.4, -0.2) is 11.8 Å². The van der Waals surface area contributed by atoms with Crippen LogP contribution in [-0.2, 0) is 4.79 Å². The Labute approximate surface area is 203 Å². The number of carbonyl (C=O) groups is 2. The van der Waals surface area contributed by atoms with E-state index in [0.717, 1.165) is 17.2 Å². The highest BCUT2D eigenvalue weighted by molar-refractivity contribution is 6.05. The lowest BCUT2D eigenvalue weighted by atomic mass is 9.74. The molecule has 1 fully saturated rings. The molecule has 2 aromatic carbocycles. The number of anilines is 2. The first-order valence-corrected chi connectivity index (χ1v) is 12.4. The SMILES string of the molecule is Cc1ccc(NC(=O)c2ccc(NC(=O)C3(C)C=CC(C4CCC(C)CC4)=CC3)cc2)cc1C. The van der Waals surface area contributed by atoms with Crippen molar-refractivity contribution in [1.29, 1.82) is 0 Å². The minimum Gasteiger partial charge on any atom is -0.325 e. The summed E-state index contributed by atoms with van der Waals surface area (Å²) >= 11 is 0. The quantitative estimate of drug-likeness (QED) is 0.499. The van der Waals surface area contributed by atoms with E-state index in [0.29, 0.717) is 23.6 Å². The van der Waals surface area contributed by atoms with Crippen LogP contribution in [0.4, 0.5) is 11.4 Å². The third-order valence-electron chi connectivity index (χ3n) is 7.58. The minimum absolute atomic E-state index is 0.0244. The lowest BCUT2D eigenvalue weighted by Crippen LogP contribution is -2.33. The van der Waals surface area contributed by atoms with Gasteiger partial charge in [0.15, 0.2) is 0 Å². The zero-order valence-electron chi connectivity index (χ0n) is 20.8. The molecule has 0 bridgehead atoms. The maximum atomic E-state index is 13.1. The highest BCUT2D eigenvalue weighted by atomic mass is 16.2. The molecular weight excluding hydrogens is 420 g/mol. The average Bonchev–Trinajstić information content (AvgIpc) is 2.83. The number of hydrogen-bond donors (Lipinski definition) is 2. The monoisotopic (exact) mass is 456 g/mol. The predicted octanol–water partition coefficient (Wildman–Crippen LogP) is 7.21. The summed E-state index contributed by atoms with van der Waals surface area (Å²) in [7, 11) is 0. The summed E-state index contributed by atoms with van der Waals surface area (Å²) in [5.41, 5.74) is 5.18. The minimum atomic E-state index is -0.565. The zero-order chi connectivity index (χ0) is 24.3. The van der Waals surface area contributed by atoms with Crippen molar-refractivity contribution in [3.63, 3.8) is 0 Å². The van der Waals surface area contributed by atoms with E-state index in [4.69, 9.17) is 0 Å². The molecular formula is C30H36N2O2. The van der Waals surface area contributed by atoms with Gasteiger partial charge >= 0.3 is 0 Å². The number of amides is 2. The van der Waals surface area contributed by atoms with Gasteiger partial charge in [-0.05, 0) is 105 Å². The molecule has 0 saturated heterocycles. The van der Waals surface area contributed by atoms with Crippen LogP contribution in [0.25, 0.3) is 0 Å². The van der Waals surface area contributed by atoms with Gasteiger partial charge in [-0.2, -0.15) is 0 Å². The van der Waals surface area contributed by atoms with Gasteiger partial charge in [-0.15, -0.1) is 0 Å². The van der Waals surface area contributed by atoms with Crippen molar-refractivity contribution in [2.45, 2.75) is 59.8 Å². The Morgan fingerprint density at radius 3 is 2.18 bits per heavy atom. The number of carbonyl (C=O) groups excluding carboxylic acids is 2. The highest BCUT2D eigenvalue weighted by Gasteiger charge is 2.33. The molecule has 34 heavy (non-hydrogen) atoms. The van der Waals surface area contributed by atoms with Crippen LogP contribution in [0.3, 0.4) is 0 Å². The van der Waals surface area contributed by atoms with E-state index in [1.165, 1.54) is 36.8 Å². The van der Waals surface area contributed by atoms with Crippen LogP contribution in [0.5, 0.6) is 0 Å². The van der Waals surface area contributed by atoms with Gasteiger partial charge in [0.25, 0.3) is 5.91 Å². The topological polar surface area (TPSA) is 58.2 Å². The van der Waals surface area contributed by atoms with Crippen LogP contribution < -0.4 is 10.6 Å². The second-order valence-corrected chi connectivity index (χ2v) is 10.4. The smallest absolute Gasteiger partial charge is 0.255 e. The van der Waals surface area contributed by atoms with E-state index < -0.39 is 5.41 Å². The number of aryl methyl sites for hydroxylation is 2. The fourth-order valence-electron chi connectivity index (χ4n) is 4.81. The van der Waals surface area contributed by atoms with E-state index in [-0.39, 0.29) is 11.8 Å². The Balaban J connectivity index is 1.34. The molecule has 4 rings (SSSR count). The zero-order valence-corrected chi connectivity index (χ0v) is 20.8. The van der Waals surface area contributed by atoms with Gasteiger partial charge in [0, 0.05) is 16.9 Å². The van der Waals surface area contributed by atoms with Crippen molar-refractivity contribution >= 4 is 23.2 Å². The third-order valence-corrected chi connectivity index (χ3v) is 7.58. The molecule has 2 amide bonds. The van der Waals surface area contributed by atoms with Gasteiger partial charge in [-0.3, -0.25) is 9.59 Å². The van der Waals surface area contributed by atoms with E-state index in [1.807, 2.05) is 39.0 Å². The lowest BCUT2D eigenvalue weighted by Gasteiger charge is -2.32. The van der Waals surface area contributed by atoms with Crippen molar-refractivity contribution in [2.24, 2.45) is 17.3 Å². The summed E-state index contributed by atoms with van der Waals surface area (Å²) in [5, 5.41) is 5.97.